The Balaban J connectivity index is 2.66. The van der Waals surface area contributed by atoms with Gasteiger partial charge in [-0.25, -0.2) is 13.8 Å². The van der Waals surface area contributed by atoms with E-state index >= 15 is 0 Å². The fourth-order valence-corrected chi connectivity index (χ4v) is 0.656. The Kier molecular flexibility index (Phi) is 2.48. The van der Waals surface area contributed by atoms with E-state index < -0.39 is 12.2 Å². The number of nitrogens with zero attached hydrogens (tertiary/aromatic N) is 2. The number of aromatic nitrogens is 3. The molecule has 0 fully saturated rings. The lowest BCUT2D eigenvalue weighted by Crippen LogP contribution is -2.04. The maximum atomic E-state index is 11.8. The van der Waals surface area contributed by atoms with Crippen LogP contribution in [0.4, 0.5) is 8.78 Å². The van der Waals surface area contributed by atoms with E-state index in [4.69, 9.17) is 5.73 Å². The SMILES string of the molecule is NCCc1nc(C(F)F)n[nH]1. The molecule has 0 saturated carbocycles. The number of nitrogens with two attached hydrogens (primary N) is 1. The topological polar surface area (TPSA) is 67.6 Å². The van der Waals surface area contributed by atoms with Crippen molar-refractivity contribution >= 4 is 0 Å². The highest BCUT2D eigenvalue weighted by Crippen LogP contribution is 2.12. The Morgan fingerprint density at radius 3 is 2.73 bits per heavy atom. The van der Waals surface area contributed by atoms with Gasteiger partial charge in [0.2, 0.25) is 5.82 Å². The van der Waals surface area contributed by atoms with Crippen LogP contribution in [0.3, 0.4) is 0 Å². The van der Waals surface area contributed by atoms with Crippen molar-refractivity contribution in [1.29, 1.82) is 0 Å². The van der Waals surface area contributed by atoms with Crippen LogP contribution in [-0.4, -0.2) is 21.7 Å². The van der Waals surface area contributed by atoms with E-state index in [0.717, 1.165) is 0 Å². The minimum absolute atomic E-state index is 0.373. The van der Waals surface area contributed by atoms with Crippen molar-refractivity contribution in [3.63, 3.8) is 0 Å². The molecule has 0 aromatic carbocycles. The second-order valence-electron chi connectivity index (χ2n) is 1.98. The molecule has 0 atom stereocenters. The average Bonchev–Trinajstić information content (AvgIpc) is 2.37. The molecule has 1 heterocycles. The van der Waals surface area contributed by atoms with Gasteiger partial charge in [-0.15, -0.1) is 0 Å². The number of hydrogen-bond acceptors (Lipinski definition) is 3. The molecule has 0 unspecified atom stereocenters. The van der Waals surface area contributed by atoms with Crippen LogP contribution < -0.4 is 5.73 Å². The maximum Gasteiger partial charge on any atom is 0.299 e. The lowest BCUT2D eigenvalue weighted by molar-refractivity contribution is 0.140. The predicted octanol–water partition coefficient (Wildman–Crippen LogP) is 0.243. The summed E-state index contributed by atoms with van der Waals surface area (Å²) in [6.07, 6.45) is -2.17. The van der Waals surface area contributed by atoms with Crippen molar-refractivity contribution in [3.8, 4) is 0 Å². The molecule has 0 spiro atoms. The van der Waals surface area contributed by atoms with E-state index in [-0.39, 0.29) is 0 Å². The molecule has 0 aliphatic rings. The van der Waals surface area contributed by atoms with E-state index in [9.17, 15) is 8.78 Å². The molecule has 0 bridgehead atoms. The van der Waals surface area contributed by atoms with Gasteiger partial charge in [-0.1, -0.05) is 0 Å². The quantitative estimate of drug-likeness (QED) is 0.669. The molecule has 4 nitrogen and oxygen atoms in total. The Labute approximate surface area is 61.8 Å². The van der Waals surface area contributed by atoms with Gasteiger partial charge < -0.3 is 5.73 Å². The third kappa shape index (κ3) is 1.94. The van der Waals surface area contributed by atoms with E-state index in [1.807, 2.05) is 0 Å². The second-order valence-corrected chi connectivity index (χ2v) is 1.98. The Morgan fingerprint density at radius 1 is 1.55 bits per heavy atom. The van der Waals surface area contributed by atoms with Gasteiger partial charge in [0, 0.05) is 6.42 Å². The van der Waals surface area contributed by atoms with Crippen LogP contribution in [0, 0.1) is 0 Å². The summed E-state index contributed by atoms with van der Waals surface area (Å²) >= 11 is 0. The lowest BCUT2D eigenvalue weighted by atomic mass is 10.4. The summed E-state index contributed by atoms with van der Waals surface area (Å²) in [4.78, 5) is 3.50. The van der Waals surface area contributed by atoms with Crippen molar-refractivity contribution in [2.75, 3.05) is 6.54 Å². The Morgan fingerprint density at radius 2 is 2.27 bits per heavy atom. The molecule has 62 valence electrons. The number of alkyl halides is 2. The summed E-state index contributed by atoms with van der Waals surface area (Å²) < 4.78 is 23.7. The molecule has 1 rings (SSSR count). The maximum absolute atomic E-state index is 11.8. The van der Waals surface area contributed by atoms with Crippen LogP contribution >= 0.6 is 0 Å². The number of halogens is 2. The van der Waals surface area contributed by atoms with Crippen molar-refractivity contribution in [1.82, 2.24) is 15.2 Å². The van der Waals surface area contributed by atoms with Crippen LogP contribution in [0.5, 0.6) is 0 Å². The smallest absolute Gasteiger partial charge is 0.299 e. The summed E-state index contributed by atoms with van der Waals surface area (Å²) in [5.74, 6) is -0.0590. The van der Waals surface area contributed by atoms with Crippen LogP contribution in [0.25, 0.3) is 0 Å². The van der Waals surface area contributed by atoms with E-state index in [1.54, 1.807) is 0 Å². The third-order valence-electron chi connectivity index (χ3n) is 1.13. The zero-order chi connectivity index (χ0) is 8.27. The first-order valence-electron chi connectivity index (χ1n) is 3.13. The predicted molar refractivity (Wildman–Crippen MR) is 34.1 cm³/mol. The van der Waals surface area contributed by atoms with Crippen LogP contribution in [-0.2, 0) is 6.42 Å². The van der Waals surface area contributed by atoms with Gasteiger partial charge >= 0.3 is 0 Å². The molecule has 0 saturated heterocycles. The van der Waals surface area contributed by atoms with Gasteiger partial charge in [0.1, 0.15) is 5.82 Å². The molecule has 0 amide bonds. The van der Waals surface area contributed by atoms with Crippen molar-refractivity contribution in [3.05, 3.63) is 11.6 Å². The summed E-state index contributed by atoms with van der Waals surface area (Å²) in [6, 6.07) is 0. The molecule has 6 heteroatoms. The highest BCUT2D eigenvalue weighted by Gasteiger charge is 2.12. The molecular weight excluding hydrogens is 154 g/mol. The van der Waals surface area contributed by atoms with Gasteiger partial charge in [0.05, 0.1) is 0 Å². The summed E-state index contributed by atoms with van der Waals surface area (Å²) in [7, 11) is 0. The average molecular weight is 162 g/mol. The zero-order valence-corrected chi connectivity index (χ0v) is 5.72. The second kappa shape index (κ2) is 3.38. The van der Waals surface area contributed by atoms with Crippen molar-refractivity contribution in [2.24, 2.45) is 5.73 Å². The van der Waals surface area contributed by atoms with Gasteiger partial charge in [-0.05, 0) is 6.54 Å². The normalized spacial score (nSPS) is 10.9. The Hall–Kier alpha value is -1.04. The largest absolute Gasteiger partial charge is 0.330 e. The van der Waals surface area contributed by atoms with Gasteiger partial charge in [-0.2, -0.15) is 5.10 Å². The summed E-state index contributed by atoms with van der Waals surface area (Å²) in [5.41, 5.74) is 5.17. The van der Waals surface area contributed by atoms with Gasteiger partial charge in [0.15, 0.2) is 0 Å². The number of aromatic amines is 1. The van der Waals surface area contributed by atoms with E-state index in [2.05, 4.69) is 15.2 Å². The standard InChI is InChI=1S/C5H8F2N4/c6-4(7)5-9-3(1-2-8)10-11-5/h4H,1-2,8H2,(H,9,10,11). The first-order valence-corrected chi connectivity index (χ1v) is 3.13. The molecule has 0 aliphatic heterocycles. The highest BCUT2D eigenvalue weighted by molar-refractivity contribution is 4.91. The van der Waals surface area contributed by atoms with Crippen LogP contribution in [0.1, 0.15) is 18.1 Å². The molecule has 0 radical (unpaired) electrons. The molecule has 1 aromatic rings. The van der Waals surface area contributed by atoms with Crippen molar-refractivity contribution < 1.29 is 8.78 Å². The number of hydrogen-bond donors (Lipinski definition) is 2. The molecule has 1 aromatic heterocycles. The highest BCUT2D eigenvalue weighted by atomic mass is 19.3. The number of rotatable bonds is 3. The Bertz CT molecular complexity index is 222. The third-order valence-corrected chi connectivity index (χ3v) is 1.13. The first-order chi connectivity index (χ1) is 5.24. The summed E-state index contributed by atoms with van der Waals surface area (Å²) in [5, 5.41) is 5.66. The fourth-order valence-electron chi connectivity index (χ4n) is 0.656. The molecule has 0 aliphatic carbocycles. The first kappa shape index (κ1) is 8.06. The monoisotopic (exact) mass is 162 g/mol. The molecule has 11 heavy (non-hydrogen) atoms. The zero-order valence-electron chi connectivity index (χ0n) is 5.72. The lowest BCUT2D eigenvalue weighted by Gasteiger charge is -1.87. The fraction of sp³-hybridized carbons (Fsp3) is 0.600. The summed E-state index contributed by atoms with van der Waals surface area (Å²) in [6.45, 7) is 0.373. The van der Waals surface area contributed by atoms with Crippen molar-refractivity contribution in [2.45, 2.75) is 12.8 Å². The number of nitrogens with one attached hydrogen (secondary N) is 1. The molecule has 3 N–H and O–H groups in total. The minimum Gasteiger partial charge on any atom is -0.330 e. The van der Waals surface area contributed by atoms with E-state index in [1.165, 1.54) is 0 Å². The minimum atomic E-state index is -2.61. The molecular formula is C5H8F2N4. The van der Waals surface area contributed by atoms with Crippen LogP contribution in [0.2, 0.25) is 0 Å². The van der Waals surface area contributed by atoms with Gasteiger partial charge in [0.25, 0.3) is 6.43 Å². The van der Waals surface area contributed by atoms with Gasteiger partial charge in [-0.3, -0.25) is 5.10 Å². The van der Waals surface area contributed by atoms with E-state index in [0.29, 0.717) is 18.8 Å². The number of H-pyrrole nitrogens is 1. The van der Waals surface area contributed by atoms with Crippen LogP contribution in [0.15, 0.2) is 0 Å².